The van der Waals surface area contributed by atoms with Gasteiger partial charge in [0.1, 0.15) is 10.7 Å². The van der Waals surface area contributed by atoms with Crippen LogP contribution in [0.15, 0.2) is 95.5 Å². The Labute approximate surface area is 308 Å². The number of esters is 1. The summed E-state index contributed by atoms with van der Waals surface area (Å²) in [5, 5.41) is 8.84. The molecule has 0 saturated heterocycles. The Hall–Kier alpha value is -4.67. The van der Waals surface area contributed by atoms with Crippen LogP contribution in [0, 0.1) is 11.3 Å². The number of rotatable bonds is 12. The van der Waals surface area contributed by atoms with E-state index in [2.05, 4.69) is 36.7 Å². The van der Waals surface area contributed by atoms with E-state index in [9.17, 15) is 19.2 Å². The zero-order valence-electron chi connectivity index (χ0n) is 29.7. The van der Waals surface area contributed by atoms with E-state index in [4.69, 9.17) is 4.74 Å². The molecule has 3 N–H and O–H groups in total. The first-order valence-electron chi connectivity index (χ1n) is 17.3. The number of fused-ring (bicyclic) bond motifs is 1. The number of hydrogen-bond donors (Lipinski definition) is 3. The summed E-state index contributed by atoms with van der Waals surface area (Å²) in [6, 6.07) is 25.2. The smallest absolute Gasteiger partial charge is 0.341 e. The summed E-state index contributed by atoms with van der Waals surface area (Å²) in [5.74, 6) is -1.01. The molecule has 3 aromatic carbocycles. The maximum absolute atomic E-state index is 13.8. The maximum atomic E-state index is 13.8. The molecule has 51 heavy (non-hydrogen) atoms. The van der Waals surface area contributed by atoms with Crippen LogP contribution in [-0.2, 0) is 27.2 Å². The van der Waals surface area contributed by atoms with Crippen LogP contribution in [-0.4, -0.2) is 35.5 Å². The predicted molar refractivity (Wildman–Crippen MR) is 207 cm³/mol. The van der Waals surface area contributed by atoms with E-state index in [1.54, 1.807) is 49.4 Å². The van der Waals surface area contributed by atoms with E-state index < -0.39 is 23.0 Å². The molecule has 0 bridgehead atoms. The first-order chi connectivity index (χ1) is 24.5. The van der Waals surface area contributed by atoms with Crippen molar-refractivity contribution >= 4 is 63.6 Å². The topological polar surface area (TPSA) is 114 Å². The molecule has 4 aromatic rings. The molecule has 1 aliphatic carbocycles. The first kappa shape index (κ1) is 37.6. The lowest BCUT2D eigenvalue weighted by molar-refractivity contribution is -0.116. The number of anilines is 2. The standard InChI is InChI=1S/C41H45N3O5S2/c1-6-33(38(47)44-39-35(40(48)49-7-2)31-22-21-28(41(3,4)5)24-34(31)51-39)50-30-20-14-19-29(25-30)42-37(46)32(23-26-15-10-8-11-16-26)43-36(45)27-17-12-9-13-18-27/h8-20,23,25,28,33H,6-7,21-22,24H2,1-5H3,(H,42,46)(H,43,45)(H,44,47)/b32-23-. The molecule has 0 fully saturated rings. The number of benzene rings is 3. The molecule has 2 atom stereocenters. The van der Waals surface area contributed by atoms with E-state index in [0.29, 0.717) is 34.2 Å². The normalized spacial score (nSPS) is 14.9. The Morgan fingerprint density at radius 1 is 0.941 bits per heavy atom. The third-order valence-corrected chi connectivity index (χ3v) is 11.4. The Morgan fingerprint density at radius 2 is 1.65 bits per heavy atom. The van der Waals surface area contributed by atoms with Crippen LogP contribution in [0.5, 0.6) is 0 Å². The van der Waals surface area contributed by atoms with Gasteiger partial charge in [-0.25, -0.2) is 4.79 Å². The third kappa shape index (κ3) is 9.77. The van der Waals surface area contributed by atoms with Crippen molar-refractivity contribution in [2.75, 3.05) is 17.2 Å². The van der Waals surface area contributed by atoms with Crippen molar-refractivity contribution in [1.82, 2.24) is 5.32 Å². The summed E-state index contributed by atoms with van der Waals surface area (Å²) < 4.78 is 5.44. The van der Waals surface area contributed by atoms with E-state index in [-0.39, 0.29) is 23.6 Å². The molecule has 3 amide bonds. The fraction of sp³-hybridized carbons (Fsp3) is 0.317. The Balaban J connectivity index is 1.31. The van der Waals surface area contributed by atoms with Crippen molar-refractivity contribution in [2.24, 2.45) is 11.3 Å². The van der Waals surface area contributed by atoms with Gasteiger partial charge in [-0.05, 0) is 91.5 Å². The Morgan fingerprint density at radius 3 is 2.31 bits per heavy atom. The molecule has 5 rings (SSSR count). The van der Waals surface area contributed by atoms with Crippen LogP contribution in [0.25, 0.3) is 6.08 Å². The van der Waals surface area contributed by atoms with Crippen molar-refractivity contribution in [3.63, 3.8) is 0 Å². The SMILES string of the molecule is CCOC(=O)c1c(NC(=O)C(CC)Sc2cccc(NC(=O)/C(=C/c3ccccc3)NC(=O)c3ccccc3)c2)sc2c1CCC(C(C)(C)C)C2. The summed E-state index contributed by atoms with van der Waals surface area (Å²) in [6.07, 6.45) is 4.79. The predicted octanol–water partition coefficient (Wildman–Crippen LogP) is 8.99. The molecular weight excluding hydrogens is 679 g/mol. The van der Waals surface area contributed by atoms with Gasteiger partial charge < -0.3 is 20.7 Å². The summed E-state index contributed by atoms with van der Waals surface area (Å²) in [5.41, 5.74) is 3.41. The number of thiophene rings is 1. The molecule has 1 heterocycles. The Bertz CT molecular complexity index is 1900. The van der Waals surface area contributed by atoms with Crippen LogP contribution in [0.3, 0.4) is 0 Å². The molecule has 1 aromatic heterocycles. The number of thioether (sulfide) groups is 1. The minimum atomic E-state index is -0.489. The van der Waals surface area contributed by atoms with Crippen molar-refractivity contribution in [3.05, 3.63) is 118 Å². The number of carbonyl (C=O) groups is 4. The van der Waals surface area contributed by atoms with Crippen molar-refractivity contribution < 1.29 is 23.9 Å². The van der Waals surface area contributed by atoms with Gasteiger partial charge in [-0.2, -0.15) is 0 Å². The molecular formula is C41H45N3O5S2. The molecule has 2 unspecified atom stereocenters. The second kappa shape index (κ2) is 17.0. The minimum absolute atomic E-state index is 0.0868. The van der Waals surface area contributed by atoms with Gasteiger partial charge in [-0.1, -0.05) is 82.3 Å². The van der Waals surface area contributed by atoms with Crippen molar-refractivity contribution in [2.45, 2.75) is 70.4 Å². The highest BCUT2D eigenvalue weighted by Gasteiger charge is 2.35. The van der Waals surface area contributed by atoms with E-state index in [1.165, 1.54) is 23.1 Å². The van der Waals surface area contributed by atoms with Crippen LogP contribution < -0.4 is 16.0 Å². The third-order valence-electron chi connectivity index (χ3n) is 8.88. The van der Waals surface area contributed by atoms with Crippen LogP contribution in [0.4, 0.5) is 10.7 Å². The molecule has 8 nitrogen and oxygen atoms in total. The fourth-order valence-electron chi connectivity index (χ4n) is 6.02. The number of carbonyl (C=O) groups excluding carboxylic acids is 4. The number of amides is 3. The van der Waals surface area contributed by atoms with E-state index >= 15 is 0 Å². The van der Waals surface area contributed by atoms with E-state index in [1.807, 2.05) is 55.5 Å². The van der Waals surface area contributed by atoms with Gasteiger partial charge in [-0.15, -0.1) is 23.1 Å². The molecule has 266 valence electrons. The van der Waals surface area contributed by atoms with Gasteiger partial charge in [-0.3, -0.25) is 14.4 Å². The molecule has 10 heteroatoms. The quantitative estimate of drug-likeness (QED) is 0.0764. The lowest BCUT2D eigenvalue weighted by Gasteiger charge is -2.33. The minimum Gasteiger partial charge on any atom is -0.462 e. The second-order valence-corrected chi connectivity index (χ2v) is 15.9. The van der Waals surface area contributed by atoms with Gasteiger partial charge in [0.2, 0.25) is 5.91 Å². The van der Waals surface area contributed by atoms with Gasteiger partial charge in [0.15, 0.2) is 0 Å². The fourth-order valence-corrected chi connectivity index (χ4v) is 8.35. The molecule has 0 saturated carbocycles. The molecule has 0 aliphatic heterocycles. The molecule has 0 spiro atoms. The zero-order valence-corrected chi connectivity index (χ0v) is 31.3. The van der Waals surface area contributed by atoms with E-state index in [0.717, 1.165) is 40.2 Å². The summed E-state index contributed by atoms with van der Waals surface area (Å²) >= 11 is 2.87. The highest BCUT2D eigenvalue weighted by atomic mass is 32.2. The number of hydrogen-bond acceptors (Lipinski definition) is 7. The van der Waals surface area contributed by atoms with Gasteiger partial charge in [0.05, 0.1) is 17.4 Å². The molecule has 1 aliphatic rings. The van der Waals surface area contributed by atoms with Crippen molar-refractivity contribution in [3.8, 4) is 0 Å². The lowest BCUT2D eigenvalue weighted by Crippen LogP contribution is -2.30. The Kier molecular flexibility index (Phi) is 12.5. The summed E-state index contributed by atoms with van der Waals surface area (Å²) in [6.45, 7) is 10.7. The van der Waals surface area contributed by atoms with Gasteiger partial charge in [0, 0.05) is 21.0 Å². The van der Waals surface area contributed by atoms with Crippen LogP contribution >= 0.6 is 23.1 Å². The maximum Gasteiger partial charge on any atom is 0.341 e. The largest absolute Gasteiger partial charge is 0.462 e. The lowest BCUT2D eigenvalue weighted by atomic mass is 9.72. The molecule has 0 radical (unpaired) electrons. The first-order valence-corrected chi connectivity index (χ1v) is 19.0. The summed E-state index contributed by atoms with van der Waals surface area (Å²) in [7, 11) is 0. The van der Waals surface area contributed by atoms with Crippen LogP contribution in [0.2, 0.25) is 0 Å². The highest BCUT2D eigenvalue weighted by Crippen LogP contribution is 2.45. The average Bonchev–Trinajstić information content (AvgIpc) is 3.48. The van der Waals surface area contributed by atoms with Crippen LogP contribution in [0.1, 0.15) is 84.2 Å². The zero-order chi connectivity index (χ0) is 36.5. The number of nitrogens with one attached hydrogen (secondary N) is 3. The van der Waals surface area contributed by atoms with Gasteiger partial charge >= 0.3 is 5.97 Å². The highest BCUT2D eigenvalue weighted by molar-refractivity contribution is 8.00. The summed E-state index contributed by atoms with van der Waals surface area (Å²) in [4.78, 5) is 55.4. The second-order valence-electron chi connectivity index (χ2n) is 13.5. The number of ether oxygens (including phenoxy) is 1. The monoisotopic (exact) mass is 723 g/mol. The average molecular weight is 724 g/mol. The van der Waals surface area contributed by atoms with Crippen molar-refractivity contribution in [1.29, 1.82) is 0 Å². The van der Waals surface area contributed by atoms with Gasteiger partial charge in [0.25, 0.3) is 11.8 Å².